The third kappa shape index (κ3) is 5.88. The van der Waals surface area contributed by atoms with Crippen molar-refractivity contribution in [3.8, 4) is 0 Å². The van der Waals surface area contributed by atoms with Gasteiger partial charge in [0.25, 0.3) is 0 Å². The van der Waals surface area contributed by atoms with E-state index in [4.69, 9.17) is 11.6 Å². The van der Waals surface area contributed by atoms with Crippen molar-refractivity contribution in [2.24, 2.45) is 0 Å². The van der Waals surface area contributed by atoms with Crippen LogP contribution in [0.1, 0.15) is 55.4 Å². The summed E-state index contributed by atoms with van der Waals surface area (Å²) in [6.45, 7) is 7.02. The highest BCUT2D eigenvalue weighted by atomic mass is 35.5. The average molecular weight is 466 g/mol. The maximum Gasteiger partial charge on any atom is 0.0499 e. The van der Waals surface area contributed by atoms with Gasteiger partial charge in [0.15, 0.2) is 0 Å². The first-order valence-electron chi connectivity index (χ1n) is 12.1. The van der Waals surface area contributed by atoms with Crippen LogP contribution >= 0.6 is 11.6 Å². The lowest BCUT2D eigenvalue weighted by atomic mass is 9.85. The number of hydrogen-bond acceptors (Lipinski definition) is 4. The molecule has 4 nitrogen and oxygen atoms in total. The molecule has 0 radical (unpaired) electrons. The van der Waals surface area contributed by atoms with Gasteiger partial charge < -0.3 is 10.5 Å². The molecule has 176 valence electrons. The zero-order chi connectivity index (χ0) is 23.4. The first kappa shape index (κ1) is 24.0. The molecule has 0 saturated heterocycles. The summed E-state index contributed by atoms with van der Waals surface area (Å²) in [5, 5.41) is 15.4. The topological polar surface area (TPSA) is 38.7 Å². The summed E-state index contributed by atoms with van der Waals surface area (Å²) in [4.78, 5) is 2.65. The molecular formula is C28H36ClN3O. The van der Waals surface area contributed by atoms with Gasteiger partial charge in [-0.3, -0.25) is 4.90 Å². The van der Waals surface area contributed by atoms with Gasteiger partial charge in [-0.25, -0.2) is 0 Å². The summed E-state index contributed by atoms with van der Waals surface area (Å²) < 4.78 is 0. The van der Waals surface area contributed by atoms with Crippen molar-refractivity contribution >= 4 is 17.3 Å². The zero-order valence-corrected chi connectivity index (χ0v) is 20.8. The van der Waals surface area contributed by atoms with Crippen LogP contribution in [0.3, 0.4) is 0 Å². The van der Waals surface area contributed by atoms with E-state index in [1.165, 1.54) is 39.4 Å². The van der Waals surface area contributed by atoms with E-state index in [1.807, 2.05) is 18.2 Å². The van der Waals surface area contributed by atoms with Crippen LogP contribution in [0.15, 0.2) is 59.8 Å². The maximum atomic E-state index is 9.63. The number of fused-ring (bicyclic) bond motifs is 1. The predicted molar refractivity (Wildman–Crippen MR) is 137 cm³/mol. The molecule has 2 aromatic carbocycles. The van der Waals surface area contributed by atoms with Crippen LogP contribution in [-0.4, -0.2) is 41.3 Å². The van der Waals surface area contributed by atoms with E-state index < -0.39 is 0 Å². The SMILES string of the molecule is CC/C=C(/NC1=C(C)CCN(C2CCc3ccc(CN(C)O)cc3C2)C1)c1ccccc1Cl. The summed E-state index contributed by atoms with van der Waals surface area (Å²) in [6, 6.07) is 15.3. The van der Waals surface area contributed by atoms with E-state index in [0.717, 1.165) is 55.1 Å². The quantitative estimate of drug-likeness (QED) is 0.489. The largest absolute Gasteiger partial charge is 0.358 e. The fourth-order valence-electron chi connectivity index (χ4n) is 5.08. The minimum atomic E-state index is 0.545. The Labute approximate surface area is 203 Å². The lowest BCUT2D eigenvalue weighted by molar-refractivity contribution is -0.0731. The number of allylic oxidation sites excluding steroid dienone is 1. The minimum absolute atomic E-state index is 0.545. The van der Waals surface area contributed by atoms with Gasteiger partial charge in [-0.05, 0) is 61.8 Å². The van der Waals surface area contributed by atoms with Crippen LogP contribution in [-0.2, 0) is 19.4 Å². The summed E-state index contributed by atoms with van der Waals surface area (Å²) in [7, 11) is 1.70. The molecule has 2 aliphatic rings. The van der Waals surface area contributed by atoms with E-state index in [0.29, 0.717) is 12.6 Å². The van der Waals surface area contributed by atoms with Crippen molar-refractivity contribution in [1.29, 1.82) is 0 Å². The summed E-state index contributed by atoms with van der Waals surface area (Å²) >= 11 is 6.53. The fourth-order valence-corrected chi connectivity index (χ4v) is 5.31. The van der Waals surface area contributed by atoms with E-state index >= 15 is 0 Å². The van der Waals surface area contributed by atoms with Gasteiger partial charge in [0.05, 0.1) is 0 Å². The Morgan fingerprint density at radius 3 is 2.79 bits per heavy atom. The molecule has 0 bridgehead atoms. The van der Waals surface area contributed by atoms with Gasteiger partial charge in [-0.2, -0.15) is 5.06 Å². The molecule has 0 fully saturated rings. The number of aryl methyl sites for hydroxylation is 1. The van der Waals surface area contributed by atoms with Crippen molar-refractivity contribution in [3.05, 3.63) is 87.1 Å². The first-order valence-corrected chi connectivity index (χ1v) is 12.5. The van der Waals surface area contributed by atoms with Crippen LogP contribution in [0.2, 0.25) is 5.02 Å². The number of nitrogens with zero attached hydrogens (tertiary/aromatic N) is 2. The number of benzene rings is 2. The molecule has 0 spiro atoms. The Bertz CT molecular complexity index is 1040. The van der Waals surface area contributed by atoms with Crippen molar-refractivity contribution in [1.82, 2.24) is 15.3 Å². The number of rotatable bonds is 7. The fraction of sp³-hybridized carbons (Fsp3) is 0.429. The number of hydrogen-bond donors (Lipinski definition) is 2. The Morgan fingerprint density at radius 1 is 1.21 bits per heavy atom. The number of halogens is 1. The maximum absolute atomic E-state index is 9.63. The van der Waals surface area contributed by atoms with Crippen LogP contribution < -0.4 is 5.32 Å². The highest BCUT2D eigenvalue weighted by molar-refractivity contribution is 6.32. The van der Waals surface area contributed by atoms with Crippen LogP contribution in [0, 0.1) is 0 Å². The van der Waals surface area contributed by atoms with E-state index in [9.17, 15) is 5.21 Å². The molecule has 0 amide bonds. The van der Waals surface area contributed by atoms with Gasteiger partial charge in [-0.15, -0.1) is 0 Å². The third-order valence-electron chi connectivity index (χ3n) is 6.91. The van der Waals surface area contributed by atoms with E-state index in [1.54, 1.807) is 7.05 Å². The predicted octanol–water partition coefficient (Wildman–Crippen LogP) is 6.04. The summed E-state index contributed by atoms with van der Waals surface area (Å²) in [6.07, 6.45) is 7.67. The molecule has 1 unspecified atom stereocenters. The Balaban J connectivity index is 1.49. The van der Waals surface area contributed by atoms with Crippen LogP contribution in [0.4, 0.5) is 0 Å². The smallest absolute Gasteiger partial charge is 0.0499 e. The zero-order valence-electron chi connectivity index (χ0n) is 20.1. The molecule has 1 heterocycles. The molecule has 1 aliphatic carbocycles. The Kier molecular flexibility index (Phi) is 7.92. The van der Waals surface area contributed by atoms with Crippen LogP contribution in [0.5, 0.6) is 0 Å². The molecule has 2 aromatic rings. The van der Waals surface area contributed by atoms with Crippen molar-refractivity contribution < 1.29 is 5.21 Å². The van der Waals surface area contributed by atoms with Gasteiger partial charge in [0, 0.05) is 54.7 Å². The molecule has 2 N–H and O–H groups in total. The standard InChI is InChI=1S/C28H36ClN3O/c1-4-7-27(25-8-5-6-9-26(25)29)30-28-19-32(15-14-20(28)2)24-13-12-22-11-10-21(18-31(3)33)16-23(22)17-24/h5-11,16,24,30,33H,4,12-15,17-19H2,1-3H3/b27-7+. The molecule has 5 heteroatoms. The van der Waals surface area contributed by atoms with Gasteiger partial charge >= 0.3 is 0 Å². The minimum Gasteiger partial charge on any atom is -0.358 e. The van der Waals surface area contributed by atoms with E-state index in [2.05, 4.69) is 54.4 Å². The Morgan fingerprint density at radius 2 is 2.03 bits per heavy atom. The summed E-state index contributed by atoms with van der Waals surface area (Å²) in [5.74, 6) is 0. The normalized spacial score (nSPS) is 19.7. The van der Waals surface area contributed by atoms with Gasteiger partial charge in [0.2, 0.25) is 0 Å². The van der Waals surface area contributed by atoms with Gasteiger partial charge in [-0.1, -0.05) is 66.6 Å². The molecule has 1 aliphatic heterocycles. The molecule has 4 rings (SSSR count). The third-order valence-corrected chi connectivity index (χ3v) is 7.24. The van der Waals surface area contributed by atoms with E-state index in [-0.39, 0.29) is 0 Å². The molecule has 0 aromatic heterocycles. The molecule has 33 heavy (non-hydrogen) atoms. The molecule has 0 saturated carbocycles. The van der Waals surface area contributed by atoms with Gasteiger partial charge in [0.1, 0.15) is 0 Å². The molecule has 1 atom stereocenters. The molecular weight excluding hydrogens is 430 g/mol. The lowest BCUT2D eigenvalue weighted by Gasteiger charge is -2.39. The average Bonchev–Trinajstić information content (AvgIpc) is 2.79. The second kappa shape index (κ2) is 10.9. The van der Waals surface area contributed by atoms with Crippen molar-refractivity contribution in [3.63, 3.8) is 0 Å². The first-order chi connectivity index (χ1) is 15.9. The summed E-state index contributed by atoms with van der Waals surface area (Å²) in [5.41, 5.74) is 8.98. The number of nitrogens with one attached hydrogen (secondary N) is 1. The second-order valence-corrected chi connectivity index (χ2v) is 9.83. The second-order valence-electron chi connectivity index (χ2n) is 9.43. The highest BCUT2D eigenvalue weighted by Crippen LogP contribution is 2.30. The van der Waals surface area contributed by atoms with Crippen LogP contribution in [0.25, 0.3) is 5.70 Å². The lowest BCUT2D eigenvalue weighted by Crippen LogP contribution is -2.45. The Hall–Kier alpha value is -2.11. The van der Waals surface area contributed by atoms with Crippen molar-refractivity contribution in [2.75, 3.05) is 20.1 Å². The monoisotopic (exact) mass is 465 g/mol. The number of hydroxylamine groups is 2. The van der Waals surface area contributed by atoms with Crippen molar-refractivity contribution in [2.45, 2.75) is 58.5 Å². The highest BCUT2D eigenvalue weighted by Gasteiger charge is 2.28.